The normalized spacial score (nSPS) is 16.8. The van der Waals surface area contributed by atoms with Crippen LogP contribution in [0.15, 0.2) is 36.5 Å². The monoisotopic (exact) mass is 227 g/mol. The van der Waals surface area contributed by atoms with Gasteiger partial charge < -0.3 is 0 Å². The predicted octanol–water partition coefficient (Wildman–Crippen LogP) is 1.89. The van der Waals surface area contributed by atoms with Crippen LogP contribution in [0.25, 0.3) is 5.69 Å². The van der Waals surface area contributed by atoms with E-state index < -0.39 is 0 Å². The largest absolute Gasteiger partial charge is 0.299 e. The number of carbonyl (C=O) groups is 1. The van der Waals surface area contributed by atoms with Crippen LogP contribution in [-0.4, -0.2) is 20.8 Å². The molecule has 0 aliphatic heterocycles. The van der Waals surface area contributed by atoms with Crippen LogP contribution in [0.1, 0.15) is 25.5 Å². The third kappa shape index (κ3) is 1.56. The average molecular weight is 227 g/mol. The second-order valence-electron chi connectivity index (χ2n) is 4.52. The standard InChI is InChI=1S/C13H13N3O/c1-10(17)13(7-8-13)12-9-16(15-14-12)11-5-3-2-4-6-11/h2-6,9H,7-8H2,1H3. The molecule has 0 atom stereocenters. The molecule has 4 nitrogen and oxygen atoms in total. The maximum absolute atomic E-state index is 11.6. The second kappa shape index (κ2) is 3.52. The van der Waals surface area contributed by atoms with Gasteiger partial charge in [-0.25, -0.2) is 4.68 Å². The summed E-state index contributed by atoms with van der Waals surface area (Å²) in [7, 11) is 0. The summed E-state index contributed by atoms with van der Waals surface area (Å²) >= 11 is 0. The molecule has 1 aliphatic rings. The number of ketones is 1. The molecule has 0 unspecified atom stereocenters. The van der Waals surface area contributed by atoms with E-state index >= 15 is 0 Å². The van der Waals surface area contributed by atoms with Crippen LogP contribution < -0.4 is 0 Å². The summed E-state index contributed by atoms with van der Waals surface area (Å²) in [4.78, 5) is 11.6. The van der Waals surface area contributed by atoms with E-state index in [1.807, 2.05) is 36.5 Å². The van der Waals surface area contributed by atoms with Gasteiger partial charge >= 0.3 is 0 Å². The van der Waals surface area contributed by atoms with Crippen molar-refractivity contribution in [1.82, 2.24) is 15.0 Å². The lowest BCUT2D eigenvalue weighted by Crippen LogP contribution is -2.17. The molecule has 86 valence electrons. The molecule has 4 heteroatoms. The highest BCUT2D eigenvalue weighted by molar-refractivity contribution is 5.90. The van der Waals surface area contributed by atoms with Crippen molar-refractivity contribution in [3.05, 3.63) is 42.2 Å². The molecule has 3 rings (SSSR count). The Hall–Kier alpha value is -1.97. The molecule has 1 aromatic carbocycles. The van der Waals surface area contributed by atoms with Gasteiger partial charge in [0, 0.05) is 0 Å². The van der Waals surface area contributed by atoms with Gasteiger partial charge in [-0.1, -0.05) is 23.4 Å². The Morgan fingerprint density at radius 3 is 2.59 bits per heavy atom. The van der Waals surface area contributed by atoms with E-state index in [0.717, 1.165) is 24.2 Å². The van der Waals surface area contributed by atoms with Crippen LogP contribution in [0.4, 0.5) is 0 Å². The first-order valence-corrected chi connectivity index (χ1v) is 5.72. The van der Waals surface area contributed by atoms with E-state index in [1.54, 1.807) is 11.6 Å². The van der Waals surface area contributed by atoms with Gasteiger partial charge in [-0.15, -0.1) is 5.10 Å². The highest BCUT2D eigenvalue weighted by atomic mass is 16.1. The van der Waals surface area contributed by atoms with Crippen molar-refractivity contribution in [3.63, 3.8) is 0 Å². The quantitative estimate of drug-likeness (QED) is 0.804. The van der Waals surface area contributed by atoms with E-state index in [4.69, 9.17) is 0 Å². The fourth-order valence-electron chi connectivity index (χ4n) is 2.10. The molecule has 17 heavy (non-hydrogen) atoms. The van der Waals surface area contributed by atoms with E-state index in [1.165, 1.54) is 0 Å². The summed E-state index contributed by atoms with van der Waals surface area (Å²) in [6, 6.07) is 9.79. The first kappa shape index (κ1) is 10.2. The minimum absolute atomic E-state index is 0.192. The summed E-state index contributed by atoms with van der Waals surface area (Å²) in [5, 5.41) is 8.23. The zero-order valence-electron chi connectivity index (χ0n) is 9.63. The van der Waals surface area contributed by atoms with Crippen molar-refractivity contribution in [2.45, 2.75) is 25.2 Å². The minimum atomic E-state index is -0.340. The van der Waals surface area contributed by atoms with Crippen LogP contribution in [0.2, 0.25) is 0 Å². The molecular formula is C13H13N3O. The summed E-state index contributed by atoms with van der Waals surface area (Å²) in [5.74, 6) is 0.192. The number of rotatable bonds is 3. The van der Waals surface area contributed by atoms with Crippen molar-refractivity contribution >= 4 is 5.78 Å². The van der Waals surface area contributed by atoms with Gasteiger partial charge in [-0.3, -0.25) is 4.79 Å². The predicted molar refractivity (Wildman–Crippen MR) is 63.0 cm³/mol. The summed E-state index contributed by atoms with van der Waals surface area (Å²) in [6.45, 7) is 1.63. The highest BCUT2D eigenvalue weighted by Crippen LogP contribution is 2.47. The van der Waals surface area contributed by atoms with Gasteiger partial charge in [0.25, 0.3) is 0 Å². The van der Waals surface area contributed by atoms with Gasteiger partial charge in [-0.2, -0.15) is 0 Å². The Morgan fingerprint density at radius 1 is 1.29 bits per heavy atom. The molecule has 1 aromatic heterocycles. The molecular weight excluding hydrogens is 214 g/mol. The van der Waals surface area contributed by atoms with Gasteiger partial charge in [-0.05, 0) is 31.9 Å². The number of hydrogen-bond donors (Lipinski definition) is 0. The minimum Gasteiger partial charge on any atom is -0.299 e. The smallest absolute Gasteiger partial charge is 0.142 e. The van der Waals surface area contributed by atoms with Gasteiger partial charge in [0.2, 0.25) is 0 Å². The average Bonchev–Trinajstić information content (AvgIpc) is 3.02. The van der Waals surface area contributed by atoms with Crippen LogP contribution in [0.3, 0.4) is 0 Å². The van der Waals surface area contributed by atoms with E-state index in [0.29, 0.717) is 0 Å². The first-order valence-electron chi connectivity index (χ1n) is 5.72. The van der Waals surface area contributed by atoms with Crippen molar-refractivity contribution in [2.24, 2.45) is 0 Å². The number of Topliss-reactive ketones (excluding diaryl/α,β-unsaturated/α-hetero) is 1. The molecule has 1 aliphatic carbocycles. The molecule has 0 saturated heterocycles. The van der Waals surface area contributed by atoms with Gasteiger partial charge in [0.05, 0.1) is 23.0 Å². The lowest BCUT2D eigenvalue weighted by molar-refractivity contribution is -0.119. The van der Waals surface area contributed by atoms with E-state index in [9.17, 15) is 4.79 Å². The highest BCUT2D eigenvalue weighted by Gasteiger charge is 2.51. The van der Waals surface area contributed by atoms with Crippen molar-refractivity contribution < 1.29 is 4.79 Å². The fourth-order valence-corrected chi connectivity index (χ4v) is 2.10. The van der Waals surface area contributed by atoms with E-state index in [-0.39, 0.29) is 11.2 Å². The van der Waals surface area contributed by atoms with E-state index in [2.05, 4.69) is 10.3 Å². The van der Waals surface area contributed by atoms with Gasteiger partial charge in [0.15, 0.2) is 0 Å². The van der Waals surface area contributed by atoms with Crippen molar-refractivity contribution in [2.75, 3.05) is 0 Å². The Bertz CT molecular complexity index is 555. The number of carbonyl (C=O) groups excluding carboxylic acids is 1. The summed E-state index contributed by atoms with van der Waals surface area (Å²) < 4.78 is 1.72. The number of nitrogens with zero attached hydrogens (tertiary/aromatic N) is 3. The molecule has 1 fully saturated rings. The van der Waals surface area contributed by atoms with Crippen LogP contribution in [-0.2, 0) is 10.2 Å². The molecule has 1 heterocycles. The SMILES string of the molecule is CC(=O)C1(c2cn(-c3ccccc3)nn2)CC1. The van der Waals surface area contributed by atoms with Gasteiger partial charge in [0.1, 0.15) is 5.78 Å². The van der Waals surface area contributed by atoms with Crippen LogP contribution >= 0.6 is 0 Å². The Balaban J connectivity index is 1.97. The maximum atomic E-state index is 11.6. The molecule has 0 N–H and O–H groups in total. The molecule has 0 spiro atoms. The molecule has 0 bridgehead atoms. The fraction of sp³-hybridized carbons (Fsp3) is 0.308. The van der Waals surface area contributed by atoms with Crippen molar-refractivity contribution in [1.29, 1.82) is 0 Å². The lowest BCUT2D eigenvalue weighted by atomic mass is 9.99. The topological polar surface area (TPSA) is 47.8 Å². The second-order valence-corrected chi connectivity index (χ2v) is 4.52. The van der Waals surface area contributed by atoms with Crippen LogP contribution in [0.5, 0.6) is 0 Å². The third-order valence-corrected chi connectivity index (χ3v) is 3.43. The summed E-state index contributed by atoms with van der Waals surface area (Å²) in [5.41, 5.74) is 1.42. The molecule has 0 amide bonds. The zero-order chi connectivity index (χ0) is 11.9. The Kier molecular flexibility index (Phi) is 2.11. The number of aromatic nitrogens is 3. The molecule has 1 saturated carbocycles. The first-order chi connectivity index (χ1) is 8.22. The summed E-state index contributed by atoms with van der Waals surface area (Å²) in [6.07, 6.45) is 3.66. The zero-order valence-corrected chi connectivity index (χ0v) is 9.63. The number of para-hydroxylation sites is 1. The van der Waals surface area contributed by atoms with Crippen molar-refractivity contribution in [3.8, 4) is 5.69 Å². The number of hydrogen-bond acceptors (Lipinski definition) is 3. The third-order valence-electron chi connectivity index (χ3n) is 3.43. The molecule has 0 radical (unpaired) electrons. The lowest BCUT2D eigenvalue weighted by Gasteiger charge is -2.05. The Morgan fingerprint density at radius 2 is 2.00 bits per heavy atom. The van der Waals surface area contributed by atoms with Crippen LogP contribution in [0, 0.1) is 0 Å². The number of benzene rings is 1. The maximum Gasteiger partial charge on any atom is 0.142 e. The Labute approximate surface area is 99.3 Å². The molecule has 2 aromatic rings.